The number of fused-ring (bicyclic) bond motifs is 1. The predicted octanol–water partition coefficient (Wildman–Crippen LogP) is 2.53. The van der Waals surface area contributed by atoms with Crippen molar-refractivity contribution in [3.8, 4) is 11.1 Å². The Morgan fingerprint density at radius 1 is 0.967 bits per heavy atom. The molecular weight excluding hydrogens is 380 g/mol. The molecule has 4 aromatic rings. The number of hydrogen-bond donors (Lipinski definition) is 4. The van der Waals surface area contributed by atoms with Gasteiger partial charge in [-0.05, 0) is 30.5 Å². The fourth-order valence-corrected chi connectivity index (χ4v) is 3.39. The normalized spacial score (nSPS) is 13.2. The van der Waals surface area contributed by atoms with Crippen molar-refractivity contribution in [3.63, 3.8) is 0 Å². The summed E-state index contributed by atoms with van der Waals surface area (Å²) in [6, 6.07) is 18.6. The van der Waals surface area contributed by atoms with Crippen LogP contribution in [0.4, 0.5) is 11.8 Å². The van der Waals surface area contributed by atoms with Crippen LogP contribution in [-0.2, 0) is 6.54 Å². The van der Waals surface area contributed by atoms with Crippen molar-refractivity contribution in [1.29, 1.82) is 0 Å². The summed E-state index contributed by atoms with van der Waals surface area (Å²) in [6.07, 6.45) is -0.225. The van der Waals surface area contributed by atoms with Crippen LogP contribution in [0.1, 0.15) is 19.4 Å². The van der Waals surface area contributed by atoms with E-state index in [0.29, 0.717) is 18.0 Å². The van der Waals surface area contributed by atoms with Crippen LogP contribution in [0.3, 0.4) is 0 Å². The van der Waals surface area contributed by atoms with Gasteiger partial charge >= 0.3 is 11.6 Å². The van der Waals surface area contributed by atoms with Crippen LogP contribution in [0.5, 0.6) is 0 Å². The molecule has 0 aliphatic heterocycles. The SMILES string of the molecule is CC(O)N(c1nc(NCc2ccc(-c3ccccc3)cc2)c2[nH]c[nH+]c2n1)C(C)O. The molecule has 0 spiro atoms. The fourth-order valence-electron chi connectivity index (χ4n) is 3.39. The highest BCUT2D eigenvalue weighted by atomic mass is 16.3. The Balaban J connectivity index is 1.57. The van der Waals surface area contributed by atoms with Gasteiger partial charge in [0.25, 0.3) is 0 Å². The summed E-state index contributed by atoms with van der Waals surface area (Å²) >= 11 is 0. The zero-order valence-corrected chi connectivity index (χ0v) is 16.9. The predicted molar refractivity (Wildman–Crippen MR) is 115 cm³/mol. The zero-order valence-electron chi connectivity index (χ0n) is 16.9. The lowest BCUT2D eigenvalue weighted by molar-refractivity contribution is -0.347. The standard InChI is InChI=1S/C22H24N6O2/c1-14(29)28(15(2)30)22-26-20(19-21(27-22)25-13-24-19)23-12-16-8-10-18(11-9-16)17-6-4-3-5-7-17/h3-11,13-15,29-30H,12H2,1-2H3,(H2,23,24,25,26,27)/p+1. The van der Waals surface area contributed by atoms with E-state index in [2.05, 4.69) is 61.7 Å². The van der Waals surface area contributed by atoms with Crippen molar-refractivity contribution in [2.45, 2.75) is 32.8 Å². The van der Waals surface area contributed by atoms with Crippen molar-refractivity contribution in [3.05, 3.63) is 66.5 Å². The van der Waals surface area contributed by atoms with E-state index in [9.17, 15) is 10.2 Å². The second-order valence-corrected chi connectivity index (χ2v) is 7.12. The van der Waals surface area contributed by atoms with Crippen molar-refractivity contribution < 1.29 is 15.2 Å². The molecule has 2 aromatic carbocycles. The first-order valence-corrected chi connectivity index (χ1v) is 9.82. The average Bonchev–Trinajstić information content (AvgIpc) is 3.21. The molecule has 4 rings (SSSR count). The highest BCUT2D eigenvalue weighted by Crippen LogP contribution is 2.23. The molecule has 0 saturated carbocycles. The van der Waals surface area contributed by atoms with Gasteiger partial charge in [-0.1, -0.05) is 59.6 Å². The summed E-state index contributed by atoms with van der Waals surface area (Å²) in [5, 5.41) is 23.4. The van der Waals surface area contributed by atoms with Gasteiger partial charge < -0.3 is 15.5 Å². The average molecular weight is 405 g/mol. The molecule has 0 aliphatic rings. The van der Waals surface area contributed by atoms with Gasteiger partial charge in [0.2, 0.25) is 5.52 Å². The maximum atomic E-state index is 10.0. The summed E-state index contributed by atoms with van der Waals surface area (Å²) in [5.74, 6) is 0.806. The van der Waals surface area contributed by atoms with E-state index < -0.39 is 12.5 Å². The van der Waals surface area contributed by atoms with Crippen molar-refractivity contribution in [2.24, 2.45) is 0 Å². The molecule has 154 valence electrons. The molecule has 30 heavy (non-hydrogen) atoms. The lowest BCUT2D eigenvalue weighted by atomic mass is 10.0. The van der Waals surface area contributed by atoms with Gasteiger partial charge in [-0.2, -0.15) is 4.98 Å². The lowest BCUT2D eigenvalue weighted by Crippen LogP contribution is -2.41. The number of aliphatic hydroxyl groups is 2. The number of aromatic amines is 2. The number of imidazole rings is 1. The first-order valence-electron chi connectivity index (χ1n) is 9.82. The number of hydrogen-bond acceptors (Lipinski definition) is 6. The van der Waals surface area contributed by atoms with Crippen molar-refractivity contribution in [1.82, 2.24) is 15.0 Å². The third kappa shape index (κ3) is 4.10. The van der Waals surface area contributed by atoms with E-state index in [1.54, 1.807) is 20.2 Å². The van der Waals surface area contributed by atoms with Crippen LogP contribution in [0.2, 0.25) is 0 Å². The van der Waals surface area contributed by atoms with Gasteiger partial charge in [0.15, 0.2) is 12.1 Å². The first-order chi connectivity index (χ1) is 14.5. The van der Waals surface area contributed by atoms with Crippen molar-refractivity contribution in [2.75, 3.05) is 10.2 Å². The third-order valence-electron chi connectivity index (χ3n) is 4.88. The minimum Gasteiger partial charge on any atom is -0.374 e. The summed E-state index contributed by atoms with van der Waals surface area (Å²) in [4.78, 5) is 16.4. The molecule has 2 atom stereocenters. The van der Waals surface area contributed by atoms with Gasteiger partial charge in [-0.15, -0.1) is 0 Å². The Labute approximate surface area is 174 Å². The number of aliphatic hydroxyl groups excluding tert-OH is 2. The van der Waals surface area contributed by atoms with E-state index in [1.165, 1.54) is 10.5 Å². The molecule has 2 heterocycles. The molecule has 2 unspecified atom stereocenters. The minimum atomic E-state index is -0.945. The molecule has 8 nitrogen and oxygen atoms in total. The zero-order chi connectivity index (χ0) is 21.1. The van der Waals surface area contributed by atoms with Gasteiger partial charge in [-0.3, -0.25) is 9.88 Å². The Kier molecular flexibility index (Phi) is 5.60. The van der Waals surface area contributed by atoms with Crippen LogP contribution in [0.25, 0.3) is 22.3 Å². The second-order valence-electron chi connectivity index (χ2n) is 7.12. The molecule has 0 bridgehead atoms. The van der Waals surface area contributed by atoms with Gasteiger partial charge in [-0.25, -0.2) is 4.98 Å². The number of anilines is 2. The highest BCUT2D eigenvalue weighted by molar-refractivity contribution is 5.81. The van der Waals surface area contributed by atoms with E-state index in [-0.39, 0.29) is 5.95 Å². The third-order valence-corrected chi connectivity index (χ3v) is 4.88. The molecule has 8 heteroatoms. The molecule has 0 radical (unpaired) electrons. The fraction of sp³-hybridized carbons (Fsp3) is 0.227. The van der Waals surface area contributed by atoms with Crippen LogP contribution < -0.4 is 15.2 Å². The summed E-state index contributed by atoms with van der Waals surface area (Å²) in [5.41, 5.74) is 4.73. The molecule has 2 aromatic heterocycles. The van der Waals surface area contributed by atoms with E-state index in [1.807, 2.05) is 18.2 Å². The smallest absolute Gasteiger partial charge is 0.309 e. The quantitative estimate of drug-likeness (QED) is 0.352. The van der Waals surface area contributed by atoms with E-state index in [4.69, 9.17) is 0 Å². The summed E-state index contributed by atoms with van der Waals surface area (Å²) in [6.45, 7) is 3.67. The summed E-state index contributed by atoms with van der Waals surface area (Å²) in [7, 11) is 0. The topological polar surface area (TPSA) is 111 Å². The van der Waals surface area contributed by atoms with Crippen LogP contribution in [0.15, 0.2) is 60.9 Å². The maximum absolute atomic E-state index is 10.0. The summed E-state index contributed by atoms with van der Waals surface area (Å²) < 4.78 is 0. The maximum Gasteiger partial charge on any atom is 0.309 e. The molecular formula is C22H25N6O2+. The van der Waals surface area contributed by atoms with E-state index in [0.717, 1.165) is 16.6 Å². The first kappa shape index (κ1) is 19.8. The van der Waals surface area contributed by atoms with Crippen LogP contribution in [-0.4, -0.2) is 37.6 Å². The molecule has 0 saturated heterocycles. The number of H-pyrrole nitrogens is 2. The van der Waals surface area contributed by atoms with E-state index >= 15 is 0 Å². The lowest BCUT2D eigenvalue weighted by Gasteiger charge is -2.26. The minimum absolute atomic E-state index is 0.227. The Hall–Kier alpha value is -3.49. The highest BCUT2D eigenvalue weighted by Gasteiger charge is 2.25. The van der Waals surface area contributed by atoms with Gasteiger partial charge in [0.1, 0.15) is 12.5 Å². The van der Waals surface area contributed by atoms with Crippen molar-refractivity contribution >= 4 is 22.9 Å². The number of rotatable bonds is 7. The van der Waals surface area contributed by atoms with Gasteiger partial charge in [0, 0.05) is 6.54 Å². The van der Waals surface area contributed by atoms with Gasteiger partial charge in [0.05, 0.1) is 0 Å². The number of nitrogens with zero attached hydrogens (tertiary/aromatic N) is 3. The number of benzene rings is 2. The molecule has 5 N–H and O–H groups in total. The number of nitrogens with one attached hydrogen (secondary N) is 3. The number of aromatic nitrogens is 4. The Morgan fingerprint density at radius 3 is 2.30 bits per heavy atom. The Bertz CT molecular complexity index is 1100. The largest absolute Gasteiger partial charge is 0.374 e. The Morgan fingerprint density at radius 2 is 1.63 bits per heavy atom. The molecule has 0 amide bonds. The van der Waals surface area contributed by atoms with Crippen LogP contribution >= 0.6 is 0 Å². The second kappa shape index (κ2) is 8.48. The molecule has 0 aliphatic carbocycles. The van der Waals surface area contributed by atoms with Crippen LogP contribution in [0, 0.1) is 0 Å². The monoisotopic (exact) mass is 405 g/mol. The molecule has 0 fully saturated rings.